The van der Waals surface area contributed by atoms with Crippen molar-refractivity contribution in [2.75, 3.05) is 54.1 Å². The number of ether oxygens (including phenoxy) is 3. The van der Waals surface area contributed by atoms with Crippen molar-refractivity contribution in [3.05, 3.63) is 69.9 Å². The number of amides is 3. The maximum absolute atomic E-state index is 13.4. The number of hydrogen-bond donors (Lipinski definition) is 1. The van der Waals surface area contributed by atoms with Crippen molar-refractivity contribution in [1.82, 2.24) is 20.0 Å². The first-order valence-electron chi connectivity index (χ1n) is 13.1. The Balaban J connectivity index is 1.65. The number of methoxy groups -OCH3 is 2. The van der Waals surface area contributed by atoms with Gasteiger partial charge in [-0.25, -0.2) is 9.59 Å². The van der Waals surface area contributed by atoms with Gasteiger partial charge in [0.1, 0.15) is 11.5 Å². The van der Waals surface area contributed by atoms with Crippen molar-refractivity contribution in [2.24, 2.45) is 0 Å². The average Bonchev–Trinajstić information content (AvgIpc) is 2.95. The summed E-state index contributed by atoms with van der Waals surface area (Å²) in [5.74, 6) is 0.474. The molecule has 0 aliphatic carbocycles. The number of likely N-dealkylation sites (N-methyl/N-ethyl adjacent to an activating group) is 1. The number of carbonyl (C=O) groups is 3. The molecular formula is C29H35ClN4O6. The molecule has 0 saturated carbocycles. The SMILES string of the molecule is CCOC(=O)C1=C(CN2CCN(C(=O)c3ccc(Cl)cc3)[C@H](C)C2)N(C)C(=O)N[C@@H]1c1cc(OC)ccc1OC. The van der Waals surface area contributed by atoms with Crippen molar-refractivity contribution < 1.29 is 28.6 Å². The van der Waals surface area contributed by atoms with Crippen molar-refractivity contribution >= 4 is 29.5 Å². The van der Waals surface area contributed by atoms with Crippen LogP contribution >= 0.6 is 11.6 Å². The number of nitrogens with one attached hydrogen (secondary N) is 1. The molecule has 4 rings (SSSR count). The van der Waals surface area contributed by atoms with Crippen LogP contribution in [-0.2, 0) is 9.53 Å². The van der Waals surface area contributed by atoms with E-state index in [9.17, 15) is 14.4 Å². The van der Waals surface area contributed by atoms with Crippen LogP contribution in [0.3, 0.4) is 0 Å². The van der Waals surface area contributed by atoms with E-state index in [1.54, 1.807) is 63.5 Å². The zero-order valence-corrected chi connectivity index (χ0v) is 24.2. The average molecular weight is 571 g/mol. The molecule has 3 amide bonds. The maximum Gasteiger partial charge on any atom is 0.338 e. The molecule has 0 spiro atoms. The molecule has 2 aliphatic rings. The molecule has 0 aromatic heterocycles. The highest BCUT2D eigenvalue weighted by Crippen LogP contribution is 2.38. The largest absolute Gasteiger partial charge is 0.497 e. The minimum Gasteiger partial charge on any atom is -0.497 e. The smallest absolute Gasteiger partial charge is 0.338 e. The number of carbonyl (C=O) groups excluding carboxylic acids is 3. The van der Waals surface area contributed by atoms with Gasteiger partial charge >= 0.3 is 12.0 Å². The first-order valence-corrected chi connectivity index (χ1v) is 13.5. The molecule has 1 fully saturated rings. The predicted octanol–water partition coefficient (Wildman–Crippen LogP) is 3.72. The van der Waals surface area contributed by atoms with Gasteiger partial charge in [0.05, 0.1) is 32.4 Å². The summed E-state index contributed by atoms with van der Waals surface area (Å²) >= 11 is 5.99. The van der Waals surface area contributed by atoms with E-state index < -0.39 is 12.0 Å². The van der Waals surface area contributed by atoms with E-state index in [-0.39, 0.29) is 24.6 Å². The van der Waals surface area contributed by atoms with Crippen LogP contribution in [-0.4, -0.2) is 92.7 Å². The van der Waals surface area contributed by atoms with E-state index in [0.29, 0.717) is 65.1 Å². The summed E-state index contributed by atoms with van der Waals surface area (Å²) < 4.78 is 16.4. The lowest BCUT2D eigenvalue weighted by molar-refractivity contribution is -0.139. The van der Waals surface area contributed by atoms with E-state index in [4.69, 9.17) is 25.8 Å². The summed E-state index contributed by atoms with van der Waals surface area (Å²) in [6, 6.07) is 10.8. The standard InChI is InChI=1S/C29H35ClN4O6/c1-6-40-28(36)25-23(32(3)29(37)31-26(25)22-15-21(38-4)11-12-24(22)39-5)17-33-13-14-34(18(2)16-33)27(35)19-7-9-20(30)10-8-19/h7-12,15,18,26H,6,13-14,16-17H2,1-5H3,(H,31,37)/t18-,26-/m1/s1. The number of nitrogens with zero attached hydrogens (tertiary/aromatic N) is 3. The number of piperazine rings is 1. The maximum atomic E-state index is 13.4. The molecule has 11 heteroatoms. The Hall–Kier alpha value is -3.76. The molecule has 2 aromatic rings. The van der Waals surface area contributed by atoms with Gasteiger partial charge in [0.2, 0.25) is 0 Å². The molecule has 2 aromatic carbocycles. The van der Waals surface area contributed by atoms with E-state index in [1.165, 1.54) is 12.0 Å². The summed E-state index contributed by atoms with van der Waals surface area (Å²) in [4.78, 5) is 45.2. The number of benzene rings is 2. The van der Waals surface area contributed by atoms with Crippen LogP contribution in [0.15, 0.2) is 53.7 Å². The fourth-order valence-corrected chi connectivity index (χ4v) is 5.27. The summed E-state index contributed by atoms with van der Waals surface area (Å²) in [5, 5.41) is 3.50. The molecule has 10 nitrogen and oxygen atoms in total. The first-order chi connectivity index (χ1) is 19.2. The number of esters is 1. The van der Waals surface area contributed by atoms with Gasteiger partial charge in [-0.05, 0) is 56.3 Å². The molecule has 2 aliphatic heterocycles. The summed E-state index contributed by atoms with van der Waals surface area (Å²) in [6.07, 6.45) is 0. The lowest BCUT2D eigenvalue weighted by atomic mass is 9.93. The lowest BCUT2D eigenvalue weighted by Crippen LogP contribution is -2.56. The van der Waals surface area contributed by atoms with Crippen molar-refractivity contribution in [1.29, 1.82) is 0 Å². The second-order valence-corrected chi connectivity index (χ2v) is 10.2. The highest BCUT2D eigenvalue weighted by Gasteiger charge is 2.39. The lowest BCUT2D eigenvalue weighted by Gasteiger charge is -2.42. The zero-order chi connectivity index (χ0) is 29.0. The van der Waals surface area contributed by atoms with Gasteiger partial charge in [0.15, 0.2) is 0 Å². The Morgan fingerprint density at radius 2 is 1.80 bits per heavy atom. The number of halogens is 1. The van der Waals surface area contributed by atoms with E-state index in [0.717, 1.165) is 0 Å². The second kappa shape index (κ2) is 12.6. The van der Waals surface area contributed by atoms with Crippen LogP contribution in [0.2, 0.25) is 5.02 Å². The molecule has 0 unspecified atom stereocenters. The van der Waals surface area contributed by atoms with Crippen LogP contribution in [0, 0.1) is 0 Å². The molecule has 40 heavy (non-hydrogen) atoms. The highest BCUT2D eigenvalue weighted by atomic mass is 35.5. The topological polar surface area (TPSA) is 101 Å². The molecule has 214 valence electrons. The number of hydrogen-bond acceptors (Lipinski definition) is 7. The minimum absolute atomic E-state index is 0.0606. The van der Waals surface area contributed by atoms with E-state index >= 15 is 0 Å². The van der Waals surface area contributed by atoms with Gasteiger partial charge < -0.3 is 24.4 Å². The third kappa shape index (κ3) is 6.03. The Labute approximate surface area is 239 Å². The van der Waals surface area contributed by atoms with Gasteiger partial charge in [-0.1, -0.05) is 11.6 Å². The van der Waals surface area contributed by atoms with E-state index in [1.807, 2.05) is 11.8 Å². The van der Waals surface area contributed by atoms with E-state index in [2.05, 4.69) is 10.2 Å². The Kier molecular flexibility index (Phi) is 9.21. The predicted molar refractivity (Wildman–Crippen MR) is 151 cm³/mol. The van der Waals surface area contributed by atoms with Crippen molar-refractivity contribution in [2.45, 2.75) is 25.9 Å². The molecule has 2 atom stereocenters. The Morgan fingerprint density at radius 3 is 2.42 bits per heavy atom. The summed E-state index contributed by atoms with van der Waals surface area (Å²) in [5.41, 5.74) is 2.01. The first kappa shape index (κ1) is 29.2. The second-order valence-electron chi connectivity index (χ2n) is 9.72. The normalized spacial score (nSPS) is 19.8. The van der Waals surface area contributed by atoms with Crippen LogP contribution in [0.5, 0.6) is 11.5 Å². The highest BCUT2D eigenvalue weighted by molar-refractivity contribution is 6.30. The monoisotopic (exact) mass is 570 g/mol. The van der Waals surface area contributed by atoms with Crippen LogP contribution in [0.25, 0.3) is 0 Å². The van der Waals surface area contributed by atoms with Crippen molar-refractivity contribution in [3.8, 4) is 11.5 Å². The van der Waals surface area contributed by atoms with Gasteiger partial charge in [-0.15, -0.1) is 0 Å². The molecule has 0 radical (unpaired) electrons. The van der Waals surface area contributed by atoms with Gasteiger partial charge in [0, 0.05) is 61.1 Å². The molecule has 1 saturated heterocycles. The summed E-state index contributed by atoms with van der Waals surface area (Å²) in [6.45, 7) is 5.83. The molecular weight excluding hydrogens is 536 g/mol. The Morgan fingerprint density at radius 1 is 1.07 bits per heavy atom. The number of rotatable bonds is 8. The van der Waals surface area contributed by atoms with Crippen LogP contribution < -0.4 is 14.8 Å². The quantitative estimate of drug-likeness (QED) is 0.483. The fraction of sp³-hybridized carbons (Fsp3) is 0.414. The van der Waals surface area contributed by atoms with Gasteiger partial charge in [0.25, 0.3) is 5.91 Å². The Bertz CT molecular complexity index is 1300. The number of urea groups is 1. The van der Waals surface area contributed by atoms with Crippen LogP contribution in [0.4, 0.5) is 4.79 Å². The third-order valence-corrected chi connectivity index (χ3v) is 7.51. The minimum atomic E-state index is -0.812. The molecule has 0 bridgehead atoms. The van der Waals surface area contributed by atoms with Gasteiger partial charge in [-0.3, -0.25) is 14.6 Å². The van der Waals surface area contributed by atoms with Gasteiger partial charge in [-0.2, -0.15) is 0 Å². The van der Waals surface area contributed by atoms with Crippen molar-refractivity contribution in [3.63, 3.8) is 0 Å². The molecule has 1 N–H and O–H groups in total. The molecule has 2 heterocycles. The van der Waals surface area contributed by atoms with Crippen LogP contribution in [0.1, 0.15) is 35.8 Å². The fourth-order valence-electron chi connectivity index (χ4n) is 5.14. The zero-order valence-electron chi connectivity index (χ0n) is 23.4. The third-order valence-electron chi connectivity index (χ3n) is 7.26. The summed E-state index contributed by atoms with van der Waals surface area (Å²) in [7, 11) is 4.71.